The van der Waals surface area contributed by atoms with Crippen molar-refractivity contribution in [2.75, 3.05) is 19.6 Å². The molecule has 2 rings (SSSR count). The van der Waals surface area contributed by atoms with Crippen molar-refractivity contribution < 1.29 is 0 Å². The Balaban J connectivity index is 1.86. The van der Waals surface area contributed by atoms with Crippen LogP contribution in [-0.4, -0.2) is 30.6 Å². The van der Waals surface area contributed by atoms with Crippen molar-refractivity contribution in [1.82, 2.24) is 10.2 Å². The number of piperidine rings is 1. The number of hydrogen-bond donors (Lipinski definition) is 1. The van der Waals surface area contributed by atoms with Crippen LogP contribution in [0.1, 0.15) is 31.7 Å². The lowest BCUT2D eigenvalue weighted by Crippen LogP contribution is -2.43. The minimum Gasteiger partial charge on any atom is -0.313 e. The first-order valence-corrected chi connectivity index (χ1v) is 7.36. The molecule has 1 aliphatic heterocycles. The fourth-order valence-electron chi connectivity index (χ4n) is 2.54. The molecule has 0 aromatic heterocycles. The van der Waals surface area contributed by atoms with Gasteiger partial charge in [0.25, 0.3) is 0 Å². The van der Waals surface area contributed by atoms with Crippen molar-refractivity contribution in [3.05, 3.63) is 34.9 Å². The maximum absolute atomic E-state index is 5.91. The van der Waals surface area contributed by atoms with Crippen LogP contribution < -0.4 is 5.32 Å². The lowest BCUT2D eigenvalue weighted by molar-refractivity contribution is 0.226. The monoisotopic (exact) mass is 266 g/mol. The molecule has 1 aromatic carbocycles. The normalized spacial score (nSPS) is 20.3. The molecule has 2 nitrogen and oxygen atoms in total. The molecule has 100 valence electrons. The molecule has 0 bridgehead atoms. The molecule has 0 aliphatic carbocycles. The van der Waals surface area contributed by atoms with Crippen molar-refractivity contribution in [3.8, 4) is 0 Å². The van der Waals surface area contributed by atoms with Gasteiger partial charge in [0, 0.05) is 24.2 Å². The average Bonchev–Trinajstić information content (AvgIpc) is 2.41. The molecule has 0 radical (unpaired) electrons. The summed E-state index contributed by atoms with van der Waals surface area (Å²) in [6, 6.07) is 8.87. The molecule has 1 atom stereocenters. The molecule has 1 saturated heterocycles. The molecule has 18 heavy (non-hydrogen) atoms. The van der Waals surface area contributed by atoms with Crippen LogP contribution >= 0.6 is 11.6 Å². The van der Waals surface area contributed by atoms with E-state index in [1.165, 1.54) is 31.4 Å². The Kier molecular flexibility index (Phi) is 5.48. The largest absolute Gasteiger partial charge is 0.313 e. The standard InChI is InChI=1S/C15H23ClN2/c1-2-18(12-15-5-3-4-10-17-15)11-13-6-8-14(16)9-7-13/h6-9,15,17H,2-5,10-12H2,1H3. The smallest absolute Gasteiger partial charge is 0.0406 e. The van der Waals surface area contributed by atoms with Crippen molar-refractivity contribution >= 4 is 11.6 Å². The van der Waals surface area contributed by atoms with E-state index in [2.05, 4.69) is 29.3 Å². The summed E-state index contributed by atoms with van der Waals surface area (Å²) in [7, 11) is 0. The molecule has 1 unspecified atom stereocenters. The van der Waals surface area contributed by atoms with E-state index in [4.69, 9.17) is 11.6 Å². The van der Waals surface area contributed by atoms with Gasteiger partial charge in [-0.1, -0.05) is 37.1 Å². The van der Waals surface area contributed by atoms with Gasteiger partial charge in [0.2, 0.25) is 0 Å². The topological polar surface area (TPSA) is 15.3 Å². The van der Waals surface area contributed by atoms with E-state index in [0.29, 0.717) is 6.04 Å². The molecule has 0 amide bonds. The minimum atomic E-state index is 0.672. The van der Waals surface area contributed by atoms with Crippen LogP contribution in [-0.2, 0) is 6.54 Å². The van der Waals surface area contributed by atoms with E-state index >= 15 is 0 Å². The Labute approximate surface area is 115 Å². The lowest BCUT2D eigenvalue weighted by Gasteiger charge is -2.30. The third kappa shape index (κ3) is 4.27. The van der Waals surface area contributed by atoms with E-state index in [-0.39, 0.29) is 0 Å². The van der Waals surface area contributed by atoms with Gasteiger partial charge in [-0.15, -0.1) is 0 Å². The van der Waals surface area contributed by atoms with E-state index in [1.54, 1.807) is 0 Å². The molecule has 1 N–H and O–H groups in total. The molecule has 1 fully saturated rings. The van der Waals surface area contributed by atoms with Crippen molar-refractivity contribution in [1.29, 1.82) is 0 Å². The minimum absolute atomic E-state index is 0.672. The van der Waals surface area contributed by atoms with Crippen LogP contribution in [0, 0.1) is 0 Å². The number of nitrogens with one attached hydrogen (secondary N) is 1. The zero-order valence-electron chi connectivity index (χ0n) is 11.2. The summed E-state index contributed by atoms with van der Waals surface area (Å²) >= 11 is 5.91. The van der Waals surface area contributed by atoms with Gasteiger partial charge in [0.15, 0.2) is 0 Å². The maximum Gasteiger partial charge on any atom is 0.0406 e. The second-order valence-corrected chi connectivity index (χ2v) is 5.54. The Morgan fingerprint density at radius 1 is 1.28 bits per heavy atom. The number of benzene rings is 1. The third-order valence-electron chi connectivity index (χ3n) is 3.66. The molecule has 1 heterocycles. The number of rotatable bonds is 5. The van der Waals surface area contributed by atoms with Crippen LogP contribution in [0.5, 0.6) is 0 Å². The highest BCUT2D eigenvalue weighted by Crippen LogP contribution is 2.13. The number of likely N-dealkylation sites (N-methyl/N-ethyl adjacent to an activating group) is 1. The summed E-state index contributed by atoms with van der Waals surface area (Å²) in [5, 5.41) is 4.43. The van der Waals surface area contributed by atoms with Crippen LogP contribution in [0.25, 0.3) is 0 Å². The summed E-state index contributed by atoms with van der Waals surface area (Å²) in [5.41, 5.74) is 1.34. The molecule has 3 heteroatoms. The average molecular weight is 267 g/mol. The van der Waals surface area contributed by atoms with E-state index in [1.807, 2.05) is 12.1 Å². The summed E-state index contributed by atoms with van der Waals surface area (Å²) < 4.78 is 0. The third-order valence-corrected chi connectivity index (χ3v) is 3.91. The summed E-state index contributed by atoms with van der Waals surface area (Å²) in [6.07, 6.45) is 4.02. The van der Waals surface area contributed by atoms with E-state index in [9.17, 15) is 0 Å². The first-order valence-electron chi connectivity index (χ1n) is 6.98. The Morgan fingerprint density at radius 3 is 2.67 bits per heavy atom. The predicted molar refractivity (Wildman–Crippen MR) is 78.0 cm³/mol. The van der Waals surface area contributed by atoms with Crippen molar-refractivity contribution in [2.24, 2.45) is 0 Å². The Morgan fingerprint density at radius 2 is 2.06 bits per heavy atom. The fourth-order valence-corrected chi connectivity index (χ4v) is 2.67. The van der Waals surface area contributed by atoms with Crippen LogP contribution in [0.3, 0.4) is 0 Å². The summed E-state index contributed by atoms with van der Waals surface area (Å²) in [4.78, 5) is 2.51. The number of halogens is 1. The number of hydrogen-bond acceptors (Lipinski definition) is 2. The fraction of sp³-hybridized carbons (Fsp3) is 0.600. The van der Waals surface area contributed by atoms with Crippen LogP contribution in [0.15, 0.2) is 24.3 Å². The van der Waals surface area contributed by atoms with Gasteiger partial charge in [-0.3, -0.25) is 4.90 Å². The zero-order chi connectivity index (χ0) is 12.8. The van der Waals surface area contributed by atoms with Gasteiger partial charge < -0.3 is 5.32 Å². The molecular weight excluding hydrogens is 244 g/mol. The van der Waals surface area contributed by atoms with Crippen molar-refractivity contribution in [3.63, 3.8) is 0 Å². The first kappa shape index (κ1) is 13.9. The SMILES string of the molecule is CCN(Cc1ccc(Cl)cc1)CC1CCCCN1. The highest BCUT2D eigenvalue weighted by molar-refractivity contribution is 6.30. The van der Waals surface area contributed by atoms with Gasteiger partial charge in [-0.05, 0) is 43.6 Å². The highest BCUT2D eigenvalue weighted by Gasteiger charge is 2.15. The molecule has 0 spiro atoms. The molecule has 1 aromatic rings. The molecular formula is C15H23ClN2. The van der Waals surface area contributed by atoms with Gasteiger partial charge in [-0.25, -0.2) is 0 Å². The quantitative estimate of drug-likeness (QED) is 0.880. The van der Waals surface area contributed by atoms with Gasteiger partial charge >= 0.3 is 0 Å². The van der Waals surface area contributed by atoms with Crippen molar-refractivity contribution in [2.45, 2.75) is 38.8 Å². The Bertz CT molecular complexity index is 344. The first-order chi connectivity index (χ1) is 8.78. The van der Waals surface area contributed by atoms with Gasteiger partial charge in [0.05, 0.1) is 0 Å². The van der Waals surface area contributed by atoms with Crippen LogP contribution in [0.4, 0.5) is 0 Å². The maximum atomic E-state index is 5.91. The van der Waals surface area contributed by atoms with Gasteiger partial charge in [0.1, 0.15) is 0 Å². The molecule has 1 aliphatic rings. The highest BCUT2D eigenvalue weighted by atomic mass is 35.5. The second kappa shape index (κ2) is 7.13. The summed E-state index contributed by atoms with van der Waals surface area (Å²) in [6.45, 7) is 6.69. The van der Waals surface area contributed by atoms with Gasteiger partial charge in [-0.2, -0.15) is 0 Å². The number of nitrogens with zero attached hydrogens (tertiary/aromatic N) is 1. The lowest BCUT2D eigenvalue weighted by atomic mass is 10.0. The Hall–Kier alpha value is -0.570. The second-order valence-electron chi connectivity index (χ2n) is 5.10. The van der Waals surface area contributed by atoms with E-state index in [0.717, 1.165) is 24.7 Å². The zero-order valence-corrected chi connectivity index (χ0v) is 11.9. The van der Waals surface area contributed by atoms with Crippen LogP contribution in [0.2, 0.25) is 5.02 Å². The molecule has 0 saturated carbocycles. The predicted octanol–water partition coefficient (Wildman–Crippen LogP) is 3.30. The van der Waals surface area contributed by atoms with E-state index < -0.39 is 0 Å². The summed E-state index contributed by atoms with van der Waals surface area (Å²) in [5.74, 6) is 0.